The first-order valence-electron chi connectivity index (χ1n) is 5.45. The number of aliphatic carboxylic acids is 1. The van der Waals surface area contributed by atoms with Crippen LogP contribution in [0.3, 0.4) is 0 Å². The van der Waals surface area contributed by atoms with Gasteiger partial charge in [0.2, 0.25) is 0 Å². The fourth-order valence-electron chi connectivity index (χ4n) is 1.91. The van der Waals surface area contributed by atoms with E-state index in [-0.39, 0.29) is 0 Å². The van der Waals surface area contributed by atoms with Gasteiger partial charge < -0.3 is 10.4 Å². The van der Waals surface area contributed by atoms with Gasteiger partial charge in [-0.05, 0) is 11.6 Å². The third-order valence-electron chi connectivity index (χ3n) is 2.81. The molecule has 1 atom stereocenters. The number of aromatic nitrogens is 1. The lowest BCUT2D eigenvalue weighted by atomic mass is 10.1. The van der Waals surface area contributed by atoms with E-state index in [1.165, 1.54) is 0 Å². The van der Waals surface area contributed by atoms with Crippen molar-refractivity contribution in [2.24, 2.45) is 0 Å². The van der Waals surface area contributed by atoms with Gasteiger partial charge in [-0.1, -0.05) is 17.7 Å². The maximum atomic E-state index is 11.1. The third kappa shape index (κ3) is 3.15. The molecule has 0 bridgehead atoms. The van der Waals surface area contributed by atoms with Crippen molar-refractivity contribution in [2.75, 3.05) is 19.6 Å². The average molecular weight is 256 g/mol. The minimum Gasteiger partial charge on any atom is -0.480 e. The number of piperazine rings is 1. The van der Waals surface area contributed by atoms with Crippen LogP contribution >= 0.6 is 11.6 Å². The minimum absolute atomic E-state index is 0.448. The highest BCUT2D eigenvalue weighted by Crippen LogP contribution is 2.11. The van der Waals surface area contributed by atoms with Crippen LogP contribution in [-0.4, -0.2) is 46.6 Å². The monoisotopic (exact) mass is 255 g/mol. The first-order chi connectivity index (χ1) is 8.16. The molecule has 0 radical (unpaired) electrons. The van der Waals surface area contributed by atoms with Crippen molar-refractivity contribution in [1.29, 1.82) is 0 Å². The van der Waals surface area contributed by atoms with Gasteiger partial charge in [-0.25, -0.2) is 4.98 Å². The molecule has 1 aromatic heterocycles. The summed E-state index contributed by atoms with van der Waals surface area (Å²) < 4.78 is 0. The lowest BCUT2D eigenvalue weighted by molar-refractivity contribution is -0.144. The Kier molecular flexibility index (Phi) is 3.93. The van der Waals surface area contributed by atoms with Crippen molar-refractivity contribution in [3.63, 3.8) is 0 Å². The zero-order chi connectivity index (χ0) is 12.3. The summed E-state index contributed by atoms with van der Waals surface area (Å²) in [4.78, 5) is 17.0. The molecule has 2 heterocycles. The molecule has 0 spiro atoms. The molecular formula is C11H14ClN3O2. The van der Waals surface area contributed by atoms with E-state index < -0.39 is 12.0 Å². The van der Waals surface area contributed by atoms with Crippen molar-refractivity contribution in [3.8, 4) is 0 Å². The zero-order valence-electron chi connectivity index (χ0n) is 9.27. The number of rotatable bonds is 3. The van der Waals surface area contributed by atoms with E-state index in [1.54, 1.807) is 12.3 Å². The number of nitrogens with one attached hydrogen (secondary N) is 1. The van der Waals surface area contributed by atoms with Crippen LogP contribution in [0.4, 0.5) is 0 Å². The van der Waals surface area contributed by atoms with Gasteiger partial charge in [-0.2, -0.15) is 0 Å². The molecule has 1 aliphatic rings. The van der Waals surface area contributed by atoms with Crippen LogP contribution in [0.15, 0.2) is 18.3 Å². The fraction of sp³-hybridized carbons (Fsp3) is 0.455. The maximum absolute atomic E-state index is 11.1. The van der Waals surface area contributed by atoms with Gasteiger partial charge >= 0.3 is 5.97 Å². The molecule has 2 rings (SSSR count). The summed E-state index contributed by atoms with van der Waals surface area (Å²) >= 11 is 5.70. The number of pyridine rings is 1. The molecule has 1 fully saturated rings. The van der Waals surface area contributed by atoms with Gasteiger partial charge in [0.15, 0.2) is 0 Å². The summed E-state index contributed by atoms with van der Waals surface area (Å²) in [6.45, 7) is 2.60. The molecule has 5 nitrogen and oxygen atoms in total. The largest absolute Gasteiger partial charge is 0.480 e. The minimum atomic E-state index is -0.792. The Morgan fingerprint density at radius 2 is 2.47 bits per heavy atom. The highest BCUT2D eigenvalue weighted by molar-refractivity contribution is 6.29. The molecule has 17 heavy (non-hydrogen) atoms. The van der Waals surface area contributed by atoms with E-state index in [0.717, 1.165) is 18.7 Å². The van der Waals surface area contributed by atoms with Crippen molar-refractivity contribution < 1.29 is 9.90 Å². The quantitative estimate of drug-likeness (QED) is 0.774. The molecule has 1 aliphatic heterocycles. The van der Waals surface area contributed by atoms with Crippen LogP contribution in [0.2, 0.25) is 5.15 Å². The van der Waals surface area contributed by atoms with Crippen molar-refractivity contribution >= 4 is 17.6 Å². The van der Waals surface area contributed by atoms with Crippen LogP contribution in [-0.2, 0) is 11.3 Å². The van der Waals surface area contributed by atoms with Gasteiger partial charge in [0.25, 0.3) is 0 Å². The average Bonchev–Trinajstić information content (AvgIpc) is 2.32. The van der Waals surface area contributed by atoms with E-state index in [0.29, 0.717) is 18.2 Å². The molecule has 92 valence electrons. The Labute approximate surface area is 104 Å². The number of nitrogens with zero attached hydrogens (tertiary/aromatic N) is 2. The Hall–Kier alpha value is -1.17. The Morgan fingerprint density at radius 1 is 1.65 bits per heavy atom. The van der Waals surface area contributed by atoms with Crippen molar-refractivity contribution in [1.82, 2.24) is 15.2 Å². The molecule has 0 amide bonds. The molecule has 2 N–H and O–H groups in total. The van der Waals surface area contributed by atoms with Crippen LogP contribution in [0.25, 0.3) is 0 Å². The lowest BCUT2D eigenvalue weighted by Crippen LogP contribution is -2.54. The van der Waals surface area contributed by atoms with Crippen molar-refractivity contribution in [2.45, 2.75) is 12.6 Å². The number of hydrogen-bond donors (Lipinski definition) is 2. The number of halogens is 1. The summed E-state index contributed by atoms with van der Waals surface area (Å²) in [5.74, 6) is -0.792. The predicted octanol–water partition coefficient (Wildman–Crippen LogP) is 0.593. The normalized spacial score (nSPS) is 21.4. The number of carbonyl (C=O) groups is 1. The van der Waals surface area contributed by atoms with Crippen LogP contribution in [0.1, 0.15) is 5.56 Å². The summed E-state index contributed by atoms with van der Waals surface area (Å²) in [7, 11) is 0. The molecule has 6 heteroatoms. The Morgan fingerprint density at radius 3 is 3.12 bits per heavy atom. The van der Waals surface area contributed by atoms with Crippen molar-refractivity contribution in [3.05, 3.63) is 29.0 Å². The molecule has 1 aromatic rings. The van der Waals surface area contributed by atoms with E-state index >= 15 is 0 Å². The van der Waals surface area contributed by atoms with Gasteiger partial charge in [-0.3, -0.25) is 9.69 Å². The SMILES string of the molecule is O=C(O)[C@H]1CNCCN1Cc1ccc(Cl)nc1. The zero-order valence-corrected chi connectivity index (χ0v) is 10.0. The maximum Gasteiger partial charge on any atom is 0.322 e. The summed E-state index contributed by atoms with van der Waals surface area (Å²) in [6.07, 6.45) is 1.68. The Balaban J connectivity index is 2.05. The number of carboxylic acid groups (broad SMARTS) is 1. The standard InChI is InChI=1S/C11H14ClN3O2/c12-10-2-1-8(5-14-10)7-15-4-3-13-6-9(15)11(16)17/h1-2,5,9,13H,3-4,6-7H2,(H,16,17)/t9-/m1/s1. The van der Waals surface area contributed by atoms with Gasteiger partial charge in [0.1, 0.15) is 11.2 Å². The second-order valence-electron chi connectivity index (χ2n) is 4.02. The van der Waals surface area contributed by atoms with Gasteiger partial charge in [0, 0.05) is 32.4 Å². The molecule has 0 unspecified atom stereocenters. The lowest BCUT2D eigenvalue weighted by Gasteiger charge is -2.33. The van der Waals surface area contributed by atoms with Crippen LogP contribution in [0.5, 0.6) is 0 Å². The number of carboxylic acids is 1. The van der Waals surface area contributed by atoms with E-state index in [2.05, 4.69) is 10.3 Å². The highest BCUT2D eigenvalue weighted by Gasteiger charge is 2.28. The third-order valence-corrected chi connectivity index (χ3v) is 3.04. The Bertz CT molecular complexity index is 396. The summed E-state index contributed by atoms with van der Waals surface area (Å²) in [6, 6.07) is 3.12. The van der Waals surface area contributed by atoms with E-state index in [1.807, 2.05) is 11.0 Å². The molecule has 0 saturated carbocycles. The molecule has 0 aliphatic carbocycles. The number of hydrogen-bond acceptors (Lipinski definition) is 4. The topological polar surface area (TPSA) is 65.5 Å². The van der Waals surface area contributed by atoms with Crippen LogP contribution in [0, 0.1) is 0 Å². The van der Waals surface area contributed by atoms with Gasteiger partial charge in [-0.15, -0.1) is 0 Å². The first kappa shape index (κ1) is 12.3. The molecular weight excluding hydrogens is 242 g/mol. The predicted molar refractivity (Wildman–Crippen MR) is 64.0 cm³/mol. The van der Waals surface area contributed by atoms with Crippen LogP contribution < -0.4 is 5.32 Å². The van der Waals surface area contributed by atoms with Gasteiger partial charge in [0.05, 0.1) is 0 Å². The first-order valence-corrected chi connectivity index (χ1v) is 5.82. The fourth-order valence-corrected chi connectivity index (χ4v) is 2.03. The second-order valence-corrected chi connectivity index (χ2v) is 4.41. The smallest absolute Gasteiger partial charge is 0.322 e. The summed E-state index contributed by atoms with van der Waals surface area (Å²) in [5, 5.41) is 12.6. The van der Waals surface area contributed by atoms with E-state index in [9.17, 15) is 4.79 Å². The highest BCUT2D eigenvalue weighted by atomic mass is 35.5. The molecule has 0 aromatic carbocycles. The summed E-state index contributed by atoms with van der Waals surface area (Å²) in [5.41, 5.74) is 0.975. The van der Waals surface area contributed by atoms with E-state index in [4.69, 9.17) is 16.7 Å². The second kappa shape index (κ2) is 5.44. The molecule has 1 saturated heterocycles.